The molecule has 118 valence electrons. The normalized spacial score (nSPS) is 10.7. The van der Waals surface area contributed by atoms with E-state index in [9.17, 15) is 0 Å². The summed E-state index contributed by atoms with van der Waals surface area (Å²) in [6.45, 7) is 10.6. The average Bonchev–Trinajstić information content (AvgIpc) is 2.40. The van der Waals surface area contributed by atoms with Crippen molar-refractivity contribution in [3.05, 3.63) is 0 Å². The van der Waals surface area contributed by atoms with E-state index in [1.807, 2.05) is 0 Å². The van der Waals surface area contributed by atoms with Gasteiger partial charge < -0.3 is 10.4 Å². The minimum absolute atomic E-state index is 0. The second-order valence-corrected chi connectivity index (χ2v) is 5.56. The molecule has 2 heteroatoms. The van der Waals surface area contributed by atoms with Crippen LogP contribution in [0.1, 0.15) is 91.4 Å². The fraction of sp³-hybridized carbons (Fsp3) is 1.00. The fourth-order valence-corrected chi connectivity index (χ4v) is 2.54. The monoisotopic (exact) mass is 273 g/mol. The third-order valence-electron chi connectivity index (χ3n) is 3.97. The van der Waals surface area contributed by atoms with Crippen LogP contribution < -0.4 is 0 Å². The lowest BCUT2D eigenvalue weighted by molar-refractivity contribution is 0.295. The number of unbranched alkanes of at least 4 members (excludes halogenated alkanes) is 10. The maximum Gasteiger partial charge on any atom is -0.00190 e. The molecule has 0 bridgehead atoms. The van der Waals surface area contributed by atoms with Gasteiger partial charge in [0.25, 0.3) is 0 Å². The van der Waals surface area contributed by atoms with Crippen LogP contribution in [-0.4, -0.2) is 30.0 Å². The topological polar surface area (TPSA) is 34.7 Å². The number of hydrogen-bond donors (Lipinski definition) is 0. The molecular formula is C17H39NO. The van der Waals surface area contributed by atoms with Gasteiger partial charge >= 0.3 is 0 Å². The molecule has 2 nitrogen and oxygen atoms in total. The van der Waals surface area contributed by atoms with Gasteiger partial charge in [-0.1, -0.05) is 85.0 Å². The number of nitrogens with zero attached hydrogens (tertiary/aromatic N) is 1. The summed E-state index contributed by atoms with van der Waals surface area (Å²) in [4.78, 5) is 2.54. The molecular weight excluding hydrogens is 234 g/mol. The molecule has 0 radical (unpaired) electrons. The van der Waals surface area contributed by atoms with Gasteiger partial charge in [-0.05, 0) is 26.1 Å². The standard InChI is InChI=1S/C17H37N.H2O/c1-4-7-8-9-10-11-12-13-14-15-16-17-18(5-2)6-3;/h4-17H2,1-3H3;1H2. The van der Waals surface area contributed by atoms with Crippen LogP contribution >= 0.6 is 0 Å². The molecule has 0 unspecified atom stereocenters. The molecule has 0 aromatic rings. The fourth-order valence-electron chi connectivity index (χ4n) is 2.54. The second kappa shape index (κ2) is 17.9. The molecule has 0 amide bonds. The Hall–Kier alpha value is -0.0800. The molecule has 2 N–H and O–H groups in total. The number of hydrogen-bond acceptors (Lipinski definition) is 1. The third kappa shape index (κ3) is 15.9. The molecule has 0 saturated carbocycles. The van der Waals surface area contributed by atoms with Crippen molar-refractivity contribution in [2.75, 3.05) is 19.6 Å². The first-order valence-electron chi connectivity index (χ1n) is 8.57. The van der Waals surface area contributed by atoms with E-state index in [2.05, 4.69) is 25.7 Å². The molecule has 0 atom stereocenters. The Bertz CT molecular complexity index is 146. The van der Waals surface area contributed by atoms with Crippen LogP contribution in [0.5, 0.6) is 0 Å². The molecule has 0 fully saturated rings. The predicted molar refractivity (Wildman–Crippen MR) is 87.9 cm³/mol. The highest BCUT2D eigenvalue weighted by molar-refractivity contribution is 4.53. The molecule has 0 aromatic carbocycles. The van der Waals surface area contributed by atoms with Crippen molar-refractivity contribution in [2.24, 2.45) is 0 Å². The van der Waals surface area contributed by atoms with Crippen LogP contribution in [0.15, 0.2) is 0 Å². The Morgan fingerprint density at radius 3 is 1.26 bits per heavy atom. The van der Waals surface area contributed by atoms with E-state index in [-0.39, 0.29) is 5.48 Å². The highest BCUT2D eigenvalue weighted by atomic mass is 16.0. The molecule has 0 spiro atoms. The van der Waals surface area contributed by atoms with E-state index in [0.717, 1.165) is 0 Å². The lowest BCUT2D eigenvalue weighted by Gasteiger charge is -2.17. The van der Waals surface area contributed by atoms with E-state index in [0.29, 0.717) is 0 Å². The van der Waals surface area contributed by atoms with Gasteiger partial charge in [0.05, 0.1) is 0 Å². The molecule has 0 aliphatic rings. The van der Waals surface area contributed by atoms with Crippen molar-refractivity contribution in [1.29, 1.82) is 0 Å². The van der Waals surface area contributed by atoms with Crippen LogP contribution in [0.2, 0.25) is 0 Å². The van der Waals surface area contributed by atoms with Crippen molar-refractivity contribution >= 4 is 0 Å². The Morgan fingerprint density at radius 1 is 0.526 bits per heavy atom. The lowest BCUT2D eigenvalue weighted by atomic mass is 10.1. The zero-order valence-corrected chi connectivity index (χ0v) is 13.8. The van der Waals surface area contributed by atoms with Crippen molar-refractivity contribution in [1.82, 2.24) is 4.90 Å². The number of rotatable bonds is 14. The molecule has 19 heavy (non-hydrogen) atoms. The quantitative estimate of drug-likeness (QED) is 0.418. The smallest absolute Gasteiger partial charge is 0.00190 e. The van der Waals surface area contributed by atoms with Crippen LogP contribution in [0.3, 0.4) is 0 Å². The summed E-state index contributed by atoms with van der Waals surface area (Å²) >= 11 is 0. The van der Waals surface area contributed by atoms with Crippen LogP contribution in [0, 0.1) is 0 Å². The van der Waals surface area contributed by atoms with Crippen LogP contribution in [0.25, 0.3) is 0 Å². The first-order valence-corrected chi connectivity index (χ1v) is 8.57. The second-order valence-electron chi connectivity index (χ2n) is 5.56. The van der Waals surface area contributed by atoms with Crippen molar-refractivity contribution in [2.45, 2.75) is 91.4 Å². The highest BCUT2D eigenvalue weighted by Gasteiger charge is 1.98. The SMILES string of the molecule is CCCCCCCCCCCCCN(CC)CC.O. The van der Waals surface area contributed by atoms with Crippen molar-refractivity contribution in [3.8, 4) is 0 Å². The molecule has 0 aromatic heterocycles. The minimum Gasteiger partial charge on any atom is -0.412 e. The Morgan fingerprint density at radius 2 is 0.895 bits per heavy atom. The van der Waals surface area contributed by atoms with Crippen LogP contribution in [0.4, 0.5) is 0 Å². The lowest BCUT2D eigenvalue weighted by Crippen LogP contribution is -2.23. The maximum atomic E-state index is 2.54. The Balaban J connectivity index is 0. The van der Waals surface area contributed by atoms with Gasteiger partial charge in [-0.2, -0.15) is 0 Å². The molecule has 0 heterocycles. The summed E-state index contributed by atoms with van der Waals surface area (Å²) in [5, 5.41) is 0. The summed E-state index contributed by atoms with van der Waals surface area (Å²) < 4.78 is 0. The van der Waals surface area contributed by atoms with Crippen molar-refractivity contribution < 1.29 is 5.48 Å². The molecule has 0 aliphatic carbocycles. The Kier molecular flexibility index (Phi) is 20.0. The molecule has 0 aliphatic heterocycles. The van der Waals surface area contributed by atoms with E-state index in [1.165, 1.54) is 90.3 Å². The third-order valence-corrected chi connectivity index (χ3v) is 3.97. The molecule has 0 saturated heterocycles. The largest absolute Gasteiger partial charge is 0.412 e. The van der Waals surface area contributed by atoms with Gasteiger partial charge in [-0.25, -0.2) is 0 Å². The summed E-state index contributed by atoms with van der Waals surface area (Å²) in [6.07, 6.45) is 15.9. The highest BCUT2D eigenvalue weighted by Crippen LogP contribution is 2.11. The predicted octanol–water partition coefficient (Wildman–Crippen LogP) is 4.81. The summed E-state index contributed by atoms with van der Waals surface area (Å²) in [6, 6.07) is 0. The van der Waals surface area contributed by atoms with Gasteiger partial charge in [0.2, 0.25) is 0 Å². The van der Waals surface area contributed by atoms with Gasteiger partial charge in [-0.15, -0.1) is 0 Å². The summed E-state index contributed by atoms with van der Waals surface area (Å²) in [5.74, 6) is 0. The maximum absolute atomic E-state index is 2.54. The van der Waals surface area contributed by atoms with Gasteiger partial charge in [0.15, 0.2) is 0 Å². The van der Waals surface area contributed by atoms with E-state index >= 15 is 0 Å². The van der Waals surface area contributed by atoms with Gasteiger partial charge in [0, 0.05) is 0 Å². The van der Waals surface area contributed by atoms with Crippen LogP contribution in [-0.2, 0) is 0 Å². The first-order chi connectivity index (χ1) is 8.85. The zero-order chi connectivity index (χ0) is 13.5. The van der Waals surface area contributed by atoms with Gasteiger partial charge in [0.1, 0.15) is 0 Å². The van der Waals surface area contributed by atoms with E-state index in [1.54, 1.807) is 0 Å². The van der Waals surface area contributed by atoms with E-state index < -0.39 is 0 Å². The summed E-state index contributed by atoms with van der Waals surface area (Å²) in [5.41, 5.74) is 0. The van der Waals surface area contributed by atoms with Crippen molar-refractivity contribution in [3.63, 3.8) is 0 Å². The molecule has 0 rings (SSSR count). The minimum atomic E-state index is 0. The van der Waals surface area contributed by atoms with Gasteiger partial charge in [-0.3, -0.25) is 0 Å². The average molecular weight is 274 g/mol. The first kappa shape index (κ1) is 21.2. The van der Waals surface area contributed by atoms with E-state index in [4.69, 9.17) is 0 Å². The summed E-state index contributed by atoms with van der Waals surface area (Å²) in [7, 11) is 0. The zero-order valence-electron chi connectivity index (χ0n) is 13.8. The Labute approximate surface area is 122 Å².